The molecule has 2 aromatic carbocycles. The maximum Gasteiger partial charge on any atom is 0.161 e. The molecule has 112 valence electrons. The lowest BCUT2D eigenvalue weighted by Gasteiger charge is -2.14. The monoisotopic (exact) mass is 326 g/mol. The lowest BCUT2D eigenvalue weighted by Crippen LogP contribution is -2.00. The Bertz CT molecular complexity index is 627. The SMILES string of the molecule is COc1cc([C@@H](C)O)ccc1OCc1cccc(Cl)c1Cl. The van der Waals surface area contributed by atoms with Crippen molar-refractivity contribution in [2.75, 3.05) is 7.11 Å². The summed E-state index contributed by atoms with van der Waals surface area (Å²) >= 11 is 12.1. The number of ether oxygens (including phenoxy) is 2. The minimum atomic E-state index is -0.560. The zero-order chi connectivity index (χ0) is 15.4. The van der Waals surface area contributed by atoms with Gasteiger partial charge in [-0.2, -0.15) is 0 Å². The highest BCUT2D eigenvalue weighted by molar-refractivity contribution is 6.42. The van der Waals surface area contributed by atoms with Gasteiger partial charge in [-0.25, -0.2) is 0 Å². The van der Waals surface area contributed by atoms with Crippen LogP contribution in [-0.2, 0) is 6.61 Å². The summed E-state index contributed by atoms with van der Waals surface area (Å²) in [6.07, 6.45) is -0.560. The smallest absolute Gasteiger partial charge is 0.161 e. The first kappa shape index (κ1) is 16.0. The van der Waals surface area contributed by atoms with E-state index in [1.807, 2.05) is 12.1 Å². The zero-order valence-corrected chi connectivity index (χ0v) is 13.3. The first-order valence-electron chi connectivity index (χ1n) is 6.44. The quantitative estimate of drug-likeness (QED) is 0.870. The number of rotatable bonds is 5. The third-order valence-corrected chi connectivity index (χ3v) is 3.94. The summed E-state index contributed by atoms with van der Waals surface area (Å²) < 4.78 is 11.0. The van der Waals surface area contributed by atoms with Gasteiger partial charge in [0.2, 0.25) is 0 Å². The molecule has 5 heteroatoms. The van der Waals surface area contributed by atoms with Crippen LogP contribution in [0.25, 0.3) is 0 Å². The predicted molar refractivity (Wildman–Crippen MR) is 84.4 cm³/mol. The topological polar surface area (TPSA) is 38.7 Å². The van der Waals surface area contributed by atoms with Gasteiger partial charge in [-0.05, 0) is 30.7 Å². The number of benzene rings is 2. The van der Waals surface area contributed by atoms with Crippen LogP contribution in [0.5, 0.6) is 11.5 Å². The van der Waals surface area contributed by atoms with Crippen LogP contribution in [0.3, 0.4) is 0 Å². The molecule has 2 aromatic rings. The largest absolute Gasteiger partial charge is 0.493 e. The van der Waals surface area contributed by atoms with E-state index >= 15 is 0 Å². The molecule has 0 spiro atoms. The van der Waals surface area contributed by atoms with Gasteiger partial charge in [0.15, 0.2) is 11.5 Å². The summed E-state index contributed by atoms with van der Waals surface area (Å²) in [5.41, 5.74) is 1.56. The number of hydrogen-bond acceptors (Lipinski definition) is 3. The number of aliphatic hydroxyl groups is 1. The van der Waals surface area contributed by atoms with E-state index < -0.39 is 6.10 Å². The molecule has 0 heterocycles. The molecule has 0 amide bonds. The summed E-state index contributed by atoms with van der Waals surface area (Å²) in [6.45, 7) is 1.98. The average molecular weight is 327 g/mol. The fourth-order valence-electron chi connectivity index (χ4n) is 1.88. The van der Waals surface area contributed by atoms with E-state index in [1.54, 1.807) is 38.3 Å². The molecule has 0 aromatic heterocycles. The summed E-state index contributed by atoms with van der Waals surface area (Å²) in [7, 11) is 1.56. The molecule has 21 heavy (non-hydrogen) atoms. The molecule has 0 aliphatic heterocycles. The second-order valence-electron chi connectivity index (χ2n) is 4.59. The van der Waals surface area contributed by atoms with E-state index in [0.29, 0.717) is 21.5 Å². The molecular formula is C16H16Cl2O3. The van der Waals surface area contributed by atoms with Gasteiger partial charge in [0, 0.05) is 5.56 Å². The van der Waals surface area contributed by atoms with E-state index in [0.717, 1.165) is 11.1 Å². The van der Waals surface area contributed by atoms with Gasteiger partial charge in [0.1, 0.15) is 6.61 Å². The summed E-state index contributed by atoms with van der Waals surface area (Å²) in [5, 5.41) is 10.6. The van der Waals surface area contributed by atoms with Gasteiger partial charge in [-0.15, -0.1) is 0 Å². The standard InChI is InChI=1S/C16H16Cl2O3/c1-10(19)11-6-7-14(15(8-11)20-2)21-9-12-4-3-5-13(17)16(12)18/h3-8,10,19H,9H2,1-2H3/t10-/m1/s1. The molecule has 2 rings (SSSR count). The van der Waals surface area contributed by atoms with Crippen LogP contribution in [0.2, 0.25) is 10.0 Å². The predicted octanol–water partition coefficient (Wildman–Crippen LogP) is 4.63. The van der Waals surface area contributed by atoms with Crippen LogP contribution < -0.4 is 9.47 Å². The molecule has 3 nitrogen and oxygen atoms in total. The van der Waals surface area contributed by atoms with E-state index in [1.165, 1.54) is 0 Å². The van der Waals surface area contributed by atoms with Gasteiger partial charge in [-0.1, -0.05) is 41.4 Å². The molecule has 0 unspecified atom stereocenters. The lowest BCUT2D eigenvalue weighted by molar-refractivity contribution is 0.198. The molecule has 0 bridgehead atoms. The first-order chi connectivity index (χ1) is 10.0. The number of hydrogen-bond donors (Lipinski definition) is 1. The van der Waals surface area contributed by atoms with Gasteiger partial charge in [-0.3, -0.25) is 0 Å². The minimum absolute atomic E-state index is 0.282. The molecular weight excluding hydrogens is 311 g/mol. The molecule has 0 aliphatic carbocycles. The summed E-state index contributed by atoms with van der Waals surface area (Å²) in [5.74, 6) is 1.14. The van der Waals surface area contributed by atoms with E-state index in [4.69, 9.17) is 32.7 Å². The molecule has 0 aliphatic rings. The Morgan fingerprint density at radius 2 is 1.90 bits per heavy atom. The van der Waals surface area contributed by atoms with Gasteiger partial charge in [0.25, 0.3) is 0 Å². The second-order valence-corrected chi connectivity index (χ2v) is 5.37. The van der Waals surface area contributed by atoms with Crippen LogP contribution >= 0.6 is 23.2 Å². The highest BCUT2D eigenvalue weighted by atomic mass is 35.5. The second kappa shape index (κ2) is 7.03. The van der Waals surface area contributed by atoms with E-state index in [2.05, 4.69) is 0 Å². The van der Waals surface area contributed by atoms with Crippen molar-refractivity contribution in [3.05, 3.63) is 57.6 Å². The Balaban J connectivity index is 2.18. The highest BCUT2D eigenvalue weighted by Gasteiger charge is 2.10. The summed E-state index contributed by atoms with van der Waals surface area (Å²) in [4.78, 5) is 0. The molecule has 1 N–H and O–H groups in total. The zero-order valence-electron chi connectivity index (χ0n) is 11.8. The minimum Gasteiger partial charge on any atom is -0.493 e. The highest BCUT2D eigenvalue weighted by Crippen LogP contribution is 2.32. The van der Waals surface area contributed by atoms with Crippen LogP contribution in [0, 0.1) is 0 Å². The number of methoxy groups -OCH3 is 1. The van der Waals surface area contributed by atoms with Crippen molar-refractivity contribution in [2.24, 2.45) is 0 Å². The van der Waals surface area contributed by atoms with Crippen molar-refractivity contribution in [2.45, 2.75) is 19.6 Å². The number of aliphatic hydroxyl groups excluding tert-OH is 1. The van der Waals surface area contributed by atoms with Crippen molar-refractivity contribution in [3.63, 3.8) is 0 Å². The first-order valence-corrected chi connectivity index (χ1v) is 7.20. The van der Waals surface area contributed by atoms with E-state index in [9.17, 15) is 5.11 Å². The van der Waals surface area contributed by atoms with Crippen molar-refractivity contribution in [1.29, 1.82) is 0 Å². The van der Waals surface area contributed by atoms with Crippen LogP contribution in [0.4, 0.5) is 0 Å². The van der Waals surface area contributed by atoms with Crippen LogP contribution in [-0.4, -0.2) is 12.2 Å². The Morgan fingerprint density at radius 3 is 2.57 bits per heavy atom. The third-order valence-electron chi connectivity index (χ3n) is 3.08. The Morgan fingerprint density at radius 1 is 1.14 bits per heavy atom. The average Bonchev–Trinajstić information content (AvgIpc) is 2.48. The maximum absolute atomic E-state index is 9.58. The maximum atomic E-state index is 9.58. The summed E-state index contributed by atoms with van der Waals surface area (Å²) in [6, 6.07) is 10.7. The van der Waals surface area contributed by atoms with E-state index in [-0.39, 0.29) is 6.61 Å². The Labute approximate surface area is 134 Å². The van der Waals surface area contributed by atoms with Gasteiger partial charge < -0.3 is 14.6 Å². The normalized spacial score (nSPS) is 12.0. The van der Waals surface area contributed by atoms with Crippen molar-refractivity contribution in [1.82, 2.24) is 0 Å². The van der Waals surface area contributed by atoms with Crippen LogP contribution in [0.15, 0.2) is 36.4 Å². The Hall–Kier alpha value is -1.42. The van der Waals surface area contributed by atoms with Crippen LogP contribution in [0.1, 0.15) is 24.2 Å². The number of halogens is 2. The molecule has 0 saturated heterocycles. The fourth-order valence-corrected chi connectivity index (χ4v) is 2.25. The van der Waals surface area contributed by atoms with Gasteiger partial charge >= 0.3 is 0 Å². The van der Waals surface area contributed by atoms with Crippen molar-refractivity contribution < 1.29 is 14.6 Å². The van der Waals surface area contributed by atoms with Gasteiger partial charge in [0.05, 0.1) is 23.3 Å². The van der Waals surface area contributed by atoms with Crippen molar-refractivity contribution >= 4 is 23.2 Å². The van der Waals surface area contributed by atoms with Crippen molar-refractivity contribution in [3.8, 4) is 11.5 Å². The molecule has 0 saturated carbocycles. The fraction of sp³-hybridized carbons (Fsp3) is 0.250. The lowest BCUT2D eigenvalue weighted by atomic mass is 10.1. The molecule has 0 radical (unpaired) electrons. The molecule has 0 fully saturated rings. The molecule has 1 atom stereocenters. The third kappa shape index (κ3) is 3.82. The Kier molecular flexibility index (Phi) is 5.34.